The van der Waals surface area contributed by atoms with Gasteiger partial charge in [-0.05, 0) is 26.0 Å². The van der Waals surface area contributed by atoms with Gasteiger partial charge in [0.2, 0.25) is 5.91 Å². The Kier molecular flexibility index (Phi) is 5.24. The first-order chi connectivity index (χ1) is 9.65. The number of hydrogen-bond acceptors (Lipinski definition) is 4. The molecule has 1 aromatic rings. The molecule has 5 nitrogen and oxygen atoms in total. The Morgan fingerprint density at radius 2 is 2.15 bits per heavy atom. The smallest absolute Gasteiger partial charge is 0.242 e. The van der Waals surface area contributed by atoms with Gasteiger partial charge in [-0.3, -0.25) is 4.79 Å². The van der Waals surface area contributed by atoms with Crippen molar-refractivity contribution in [2.45, 2.75) is 20.0 Å². The van der Waals surface area contributed by atoms with Crippen molar-refractivity contribution < 1.29 is 14.3 Å². The van der Waals surface area contributed by atoms with Gasteiger partial charge in [-0.25, -0.2) is 0 Å². The Balaban J connectivity index is 1.85. The molecule has 110 valence electrons. The molecule has 0 aliphatic carbocycles. The zero-order valence-electron chi connectivity index (χ0n) is 12.1. The fourth-order valence-corrected chi connectivity index (χ4v) is 2.05. The van der Waals surface area contributed by atoms with E-state index in [9.17, 15) is 4.79 Å². The predicted molar refractivity (Wildman–Crippen MR) is 78.1 cm³/mol. The van der Waals surface area contributed by atoms with Crippen LogP contribution >= 0.6 is 0 Å². The summed E-state index contributed by atoms with van der Waals surface area (Å²) >= 11 is 0. The number of anilines is 1. The third-order valence-electron chi connectivity index (χ3n) is 3.01. The van der Waals surface area contributed by atoms with Crippen molar-refractivity contribution in [2.75, 3.05) is 38.2 Å². The molecule has 0 radical (unpaired) electrons. The van der Waals surface area contributed by atoms with E-state index in [-0.39, 0.29) is 12.0 Å². The molecular weight excluding hydrogens is 256 g/mol. The number of nitrogens with zero attached hydrogens (tertiary/aromatic N) is 1. The number of carbonyl (C=O) groups is 1. The van der Waals surface area contributed by atoms with Gasteiger partial charge >= 0.3 is 0 Å². The average molecular weight is 278 g/mol. The number of hydrogen-bond donors (Lipinski definition) is 1. The lowest BCUT2D eigenvalue weighted by Crippen LogP contribution is -2.43. The first-order valence-corrected chi connectivity index (χ1v) is 7.01. The van der Waals surface area contributed by atoms with Crippen molar-refractivity contribution in [1.82, 2.24) is 4.90 Å². The molecule has 2 rings (SSSR count). The molecule has 0 saturated carbocycles. The fraction of sp³-hybridized carbons (Fsp3) is 0.533. The molecule has 0 atom stereocenters. The van der Waals surface area contributed by atoms with Crippen LogP contribution in [0.5, 0.6) is 5.75 Å². The molecule has 0 unspecified atom stereocenters. The number of carbonyl (C=O) groups excluding carboxylic acids is 1. The third-order valence-corrected chi connectivity index (χ3v) is 3.01. The summed E-state index contributed by atoms with van der Waals surface area (Å²) in [5, 5.41) is 3.14. The quantitative estimate of drug-likeness (QED) is 0.891. The van der Waals surface area contributed by atoms with Crippen LogP contribution in [0.25, 0.3) is 0 Å². The summed E-state index contributed by atoms with van der Waals surface area (Å²) in [5.74, 6) is 0.910. The highest BCUT2D eigenvalue weighted by molar-refractivity contribution is 5.81. The molecule has 5 heteroatoms. The topological polar surface area (TPSA) is 50.8 Å². The Labute approximate surface area is 119 Å². The van der Waals surface area contributed by atoms with E-state index in [1.165, 1.54) is 0 Å². The minimum absolute atomic E-state index is 0.100. The lowest BCUT2D eigenvalue weighted by molar-refractivity contribution is -0.133. The molecule has 1 aliphatic heterocycles. The molecule has 1 saturated heterocycles. The lowest BCUT2D eigenvalue weighted by Gasteiger charge is -2.27. The average Bonchev–Trinajstić information content (AvgIpc) is 2.45. The second kappa shape index (κ2) is 7.14. The van der Waals surface area contributed by atoms with Crippen molar-refractivity contribution in [3.05, 3.63) is 24.3 Å². The zero-order valence-corrected chi connectivity index (χ0v) is 12.1. The first-order valence-electron chi connectivity index (χ1n) is 7.01. The summed E-state index contributed by atoms with van der Waals surface area (Å²) in [6, 6.07) is 7.67. The molecule has 1 N–H and O–H groups in total. The van der Waals surface area contributed by atoms with Crippen LogP contribution in [-0.4, -0.2) is 49.8 Å². The highest BCUT2D eigenvalue weighted by Crippen LogP contribution is 2.18. The van der Waals surface area contributed by atoms with E-state index in [1.54, 1.807) is 0 Å². The lowest BCUT2D eigenvalue weighted by atomic mass is 10.3. The molecule has 1 fully saturated rings. The SMILES string of the molecule is CC(C)Oc1cccc(NCC(=O)N2CCOCC2)c1. The van der Waals surface area contributed by atoms with Gasteiger partial charge in [0.1, 0.15) is 5.75 Å². The Morgan fingerprint density at radius 3 is 2.85 bits per heavy atom. The first kappa shape index (κ1) is 14.7. The van der Waals surface area contributed by atoms with Crippen LogP contribution in [0.3, 0.4) is 0 Å². The van der Waals surface area contributed by atoms with Gasteiger partial charge in [0, 0.05) is 24.8 Å². The highest BCUT2D eigenvalue weighted by atomic mass is 16.5. The maximum atomic E-state index is 12.0. The van der Waals surface area contributed by atoms with E-state index in [2.05, 4.69) is 5.32 Å². The molecular formula is C15H22N2O3. The summed E-state index contributed by atoms with van der Waals surface area (Å²) in [6.07, 6.45) is 0.139. The second-order valence-corrected chi connectivity index (χ2v) is 5.04. The van der Waals surface area contributed by atoms with Crippen molar-refractivity contribution >= 4 is 11.6 Å². The van der Waals surface area contributed by atoms with Crippen LogP contribution in [0.1, 0.15) is 13.8 Å². The van der Waals surface area contributed by atoms with E-state index in [0.717, 1.165) is 11.4 Å². The maximum Gasteiger partial charge on any atom is 0.242 e. The summed E-state index contributed by atoms with van der Waals surface area (Å²) in [7, 11) is 0. The number of nitrogens with one attached hydrogen (secondary N) is 1. The molecule has 20 heavy (non-hydrogen) atoms. The van der Waals surface area contributed by atoms with Crippen molar-refractivity contribution in [1.29, 1.82) is 0 Å². The van der Waals surface area contributed by atoms with E-state index in [1.807, 2.05) is 43.0 Å². The fourth-order valence-electron chi connectivity index (χ4n) is 2.05. The van der Waals surface area contributed by atoms with Crippen LogP contribution in [-0.2, 0) is 9.53 Å². The minimum atomic E-state index is 0.100. The third kappa shape index (κ3) is 4.42. The Morgan fingerprint density at radius 1 is 1.40 bits per heavy atom. The van der Waals surface area contributed by atoms with E-state index in [0.29, 0.717) is 32.8 Å². The van der Waals surface area contributed by atoms with Gasteiger partial charge in [-0.15, -0.1) is 0 Å². The molecule has 1 aliphatic rings. The van der Waals surface area contributed by atoms with Gasteiger partial charge in [-0.1, -0.05) is 6.07 Å². The molecule has 0 aromatic heterocycles. The normalized spacial score (nSPS) is 15.2. The van der Waals surface area contributed by atoms with E-state index in [4.69, 9.17) is 9.47 Å². The van der Waals surface area contributed by atoms with Gasteiger partial charge in [0.05, 0.1) is 25.9 Å². The van der Waals surface area contributed by atoms with E-state index >= 15 is 0 Å². The van der Waals surface area contributed by atoms with Crippen LogP contribution < -0.4 is 10.1 Å². The van der Waals surface area contributed by atoms with Crippen molar-refractivity contribution in [3.8, 4) is 5.75 Å². The van der Waals surface area contributed by atoms with Gasteiger partial charge in [0.25, 0.3) is 0 Å². The van der Waals surface area contributed by atoms with Gasteiger partial charge in [-0.2, -0.15) is 0 Å². The highest BCUT2D eigenvalue weighted by Gasteiger charge is 2.16. The standard InChI is InChI=1S/C15H22N2O3/c1-12(2)20-14-5-3-4-13(10-14)16-11-15(18)17-6-8-19-9-7-17/h3-5,10,12,16H,6-9,11H2,1-2H3. The van der Waals surface area contributed by atoms with Crippen molar-refractivity contribution in [2.24, 2.45) is 0 Å². The predicted octanol–water partition coefficient (Wildman–Crippen LogP) is 1.74. The van der Waals surface area contributed by atoms with Gasteiger partial charge < -0.3 is 19.7 Å². The Hall–Kier alpha value is -1.75. The molecule has 1 aromatic carbocycles. The van der Waals surface area contributed by atoms with Crippen LogP contribution in [0, 0.1) is 0 Å². The number of benzene rings is 1. The summed E-state index contributed by atoms with van der Waals surface area (Å²) in [5.41, 5.74) is 0.893. The molecule has 0 bridgehead atoms. The second-order valence-electron chi connectivity index (χ2n) is 5.04. The molecule has 1 heterocycles. The molecule has 1 amide bonds. The monoisotopic (exact) mass is 278 g/mol. The minimum Gasteiger partial charge on any atom is -0.491 e. The molecule has 0 spiro atoms. The number of amides is 1. The zero-order chi connectivity index (χ0) is 14.4. The number of ether oxygens (including phenoxy) is 2. The largest absolute Gasteiger partial charge is 0.491 e. The number of rotatable bonds is 5. The van der Waals surface area contributed by atoms with Crippen LogP contribution in [0.2, 0.25) is 0 Å². The van der Waals surface area contributed by atoms with E-state index < -0.39 is 0 Å². The van der Waals surface area contributed by atoms with Crippen molar-refractivity contribution in [3.63, 3.8) is 0 Å². The maximum absolute atomic E-state index is 12.0. The number of morpholine rings is 1. The van der Waals surface area contributed by atoms with Gasteiger partial charge in [0.15, 0.2) is 0 Å². The summed E-state index contributed by atoms with van der Waals surface area (Å²) in [4.78, 5) is 13.8. The van der Waals surface area contributed by atoms with Crippen LogP contribution in [0.15, 0.2) is 24.3 Å². The summed E-state index contributed by atoms with van der Waals surface area (Å²) in [6.45, 7) is 6.89. The summed E-state index contributed by atoms with van der Waals surface area (Å²) < 4.78 is 10.9. The van der Waals surface area contributed by atoms with Crippen LogP contribution in [0.4, 0.5) is 5.69 Å². The Bertz CT molecular complexity index is 442.